The van der Waals surface area contributed by atoms with Gasteiger partial charge in [0.05, 0.1) is 5.69 Å². The molecule has 0 fully saturated rings. The van der Waals surface area contributed by atoms with Crippen LogP contribution in [0.2, 0.25) is 5.02 Å². The lowest BCUT2D eigenvalue weighted by atomic mass is 10.2. The summed E-state index contributed by atoms with van der Waals surface area (Å²) in [6.07, 6.45) is 0. The van der Waals surface area contributed by atoms with Crippen molar-refractivity contribution in [1.29, 1.82) is 0 Å². The third kappa shape index (κ3) is 2.74. The molecule has 0 bridgehead atoms. The average Bonchev–Trinajstić information content (AvgIpc) is 2.65. The predicted octanol–water partition coefficient (Wildman–Crippen LogP) is 2.05. The molecule has 1 aromatic heterocycles. The number of sulfonamides is 1. The van der Waals surface area contributed by atoms with Crippen LogP contribution >= 0.6 is 27.5 Å². The number of anilines is 1. The molecule has 2 aromatic rings. The van der Waals surface area contributed by atoms with Crippen LogP contribution in [-0.2, 0) is 17.1 Å². The summed E-state index contributed by atoms with van der Waals surface area (Å²) >= 11 is 8.86. The van der Waals surface area contributed by atoms with Crippen LogP contribution in [-0.4, -0.2) is 28.5 Å². The summed E-state index contributed by atoms with van der Waals surface area (Å²) in [7, 11) is -2.53. The molecule has 20 heavy (non-hydrogen) atoms. The van der Waals surface area contributed by atoms with Gasteiger partial charge in [-0.2, -0.15) is 8.42 Å². The largest absolute Gasteiger partial charge is 0.505 e. The summed E-state index contributed by atoms with van der Waals surface area (Å²) in [4.78, 5) is 0. The van der Waals surface area contributed by atoms with Crippen LogP contribution in [0.3, 0.4) is 0 Å². The van der Waals surface area contributed by atoms with Crippen molar-refractivity contribution < 1.29 is 13.5 Å². The Morgan fingerprint density at radius 3 is 2.65 bits per heavy atom. The highest BCUT2D eigenvalue weighted by Gasteiger charge is 2.25. The fraction of sp³-hybridized carbons (Fsp3) is 0.200. The third-order valence-electron chi connectivity index (χ3n) is 2.50. The first-order valence-electron chi connectivity index (χ1n) is 5.29. The van der Waals surface area contributed by atoms with E-state index in [0.29, 0.717) is 10.6 Å². The van der Waals surface area contributed by atoms with E-state index in [1.165, 1.54) is 19.2 Å². The number of nitrogens with zero attached hydrogens (tertiary/aromatic N) is 3. The lowest BCUT2D eigenvalue weighted by molar-refractivity contribution is 0.473. The molecule has 0 spiro atoms. The molecule has 108 valence electrons. The van der Waals surface area contributed by atoms with Crippen molar-refractivity contribution in [3.63, 3.8) is 0 Å². The molecule has 1 aromatic carbocycles. The number of aryl methyl sites for hydroxylation is 2. The number of phenolic OH excluding ortho intramolecular Hbond substituents is 1. The molecule has 0 amide bonds. The van der Waals surface area contributed by atoms with Gasteiger partial charge in [0, 0.05) is 12.1 Å². The van der Waals surface area contributed by atoms with Crippen LogP contribution in [0.25, 0.3) is 0 Å². The van der Waals surface area contributed by atoms with Gasteiger partial charge in [0.1, 0.15) is 5.75 Å². The van der Waals surface area contributed by atoms with Crippen molar-refractivity contribution in [2.24, 2.45) is 7.05 Å². The van der Waals surface area contributed by atoms with Gasteiger partial charge in [0.25, 0.3) is 10.0 Å². The normalized spacial score (nSPS) is 11.6. The van der Waals surface area contributed by atoms with Crippen molar-refractivity contribution in [2.45, 2.75) is 11.9 Å². The molecule has 0 aliphatic rings. The van der Waals surface area contributed by atoms with E-state index < -0.39 is 10.0 Å². The van der Waals surface area contributed by atoms with Crippen LogP contribution in [0.1, 0.15) is 5.56 Å². The molecular formula is C10H10BrClN4O3S. The van der Waals surface area contributed by atoms with E-state index in [9.17, 15) is 13.5 Å². The minimum Gasteiger partial charge on any atom is -0.505 e. The highest BCUT2D eigenvalue weighted by atomic mass is 79.9. The fourth-order valence-electron chi connectivity index (χ4n) is 1.61. The summed E-state index contributed by atoms with van der Waals surface area (Å²) in [5.41, 5.74) is 0.445. The summed E-state index contributed by atoms with van der Waals surface area (Å²) < 4.78 is 28.0. The van der Waals surface area contributed by atoms with Crippen molar-refractivity contribution in [2.75, 3.05) is 4.72 Å². The van der Waals surface area contributed by atoms with Crippen LogP contribution in [0, 0.1) is 6.92 Å². The summed E-state index contributed by atoms with van der Waals surface area (Å²) in [6.45, 7) is 1.61. The minimum atomic E-state index is -3.96. The number of phenols is 1. The third-order valence-corrected chi connectivity index (χ3v) is 4.97. The second-order valence-corrected chi connectivity index (χ2v) is 6.82. The first kappa shape index (κ1) is 15.1. The molecule has 0 saturated carbocycles. The molecule has 0 radical (unpaired) electrons. The van der Waals surface area contributed by atoms with Gasteiger partial charge in [-0.05, 0) is 40.5 Å². The number of nitrogens with one attached hydrogen (secondary N) is 1. The van der Waals surface area contributed by atoms with Gasteiger partial charge in [-0.15, -0.1) is 5.10 Å². The quantitative estimate of drug-likeness (QED) is 0.793. The lowest BCUT2D eigenvalue weighted by Crippen LogP contribution is -2.17. The predicted molar refractivity (Wildman–Crippen MR) is 77.4 cm³/mol. The lowest BCUT2D eigenvalue weighted by Gasteiger charge is -2.11. The Morgan fingerprint density at radius 1 is 1.45 bits per heavy atom. The number of hydrogen-bond donors (Lipinski definition) is 2. The zero-order chi connectivity index (χ0) is 15.1. The van der Waals surface area contributed by atoms with Crippen molar-refractivity contribution in [1.82, 2.24) is 15.0 Å². The molecule has 2 rings (SSSR count). The van der Waals surface area contributed by atoms with E-state index in [2.05, 4.69) is 31.0 Å². The zero-order valence-corrected chi connectivity index (χ0v) is 13.6. The number of aromatic nitrogens is 3. The van der Waals surface area contributed by atoms with Gasteiger partial charge in [-0.25, -0.2) is 4.68 Å². The molecule has 0 atom stereocenters. The molecule has 7 nitrogen and oxygen atoms in total. The number of hydrogen-bond acceptors (Lipinski definition) is 5. The first-order chi connectivity index (χ1) is 9.22. The zero-order valence-electron chi connectivity index (χ0n) is 10.4. The van der Waals surface area contributed by atoms with Crippen LogP contribution in [0.4, 0.5) is 5.69 Å². The molecule has 2 N–H and O–H groups in total. The number of halogens is 2. The number of aromatic hydroxyl groups is 1. The Bertz CT molecular complexity index is 756. The molecule has 0 aliphatic heterocycles. The van der Waals surface area contributed by atoms with Gasteiger partial charge in [-0.3, -0.25) is 4.72 Å². The second-order valence-electron chi connectivity index (χ2n) is 4.03. The molecule has 10 heteroatoms. The fourth-order valence-corrected chi connectivity index (χ4v) is 4.04. The van der Waals surface area contributed by atoms with E-state index in [-0.39, 0.29) is 21.1 Å². The van der Waals surface area contributed by atoms with E-state index in [1.807, 2.05) is 0 Å². The van der Waals surface area contributed by atoms with E-state index in [0.717, 1.165) is 4.68 Å². The van der Waals surface area contributed by atoms with Crippen molar-refractivity contribution >= 4 is 43.2 Å². The number of benzene rings is 1. The monoisotopic (exact) mass is 380 g/mol. The van der Waals surface area contributed by atoms with E-state index >= 15 is 0 Å². The van der Waals surface area contributed by atoms with Crippen molar-refractivity contribution in [3.8, 4) is 5.75 Å². The Labute approximate surface area is 128 Å². The average molecular weight is 382 g/mol. The maximum absolute atomic E-state index is 12.3. The SMILES string of the molecule is Cc1cc(Cl)cc(NS(=O)(=O)c2c(Br)nnn2C)c1O. The molecular weight excluding hydrogens is 372 g/mol. The van der Waals surface area contributed by atoms with Gasteiger partial charge < -0.3 is 5.11 Å². The second kappa shape index (κ2) is 5.23. The standard InChI is InChI=1S/C10H10BrClN4O3S/c1-5-3-6(12)4-7(8(5)17)14-20(18,19)10-9(11)13-15-16(10)2/h3-4,14,17H,1-2H3. The Kier molecular flexibility index (Phi) is 3.94. The van der Waals surface area contributed by atoms with Crippen LogP contribution < -0.4 is 4.72 Å². The summed E-state index contributed by atoms with van der Waals surface area (Å²) in [5, 5.41) is 17.2. The van der Waals surface area contributed by atoms with Gasteiger partial charge in [0.2, 0.25) is 5.03 Å². The van der Waals surface area contributed by atoms with Gasteiger partial charge in [-0.1, -0.05) is 16.8 Å². The summed E-state index contributed by atoms with van der Waals surface area (Å²) in [5.74, 6) is -0.191. The van der Waals surface area contributed by atoms with Gasteiger partial charge >= 0.3 is 0 Å². The maximum Gasteiger partial charge on any atom is 0.282 e. The molecule has 0 saturated heterocycles. The molecule has 0 aliphatic carbocycles. The topological polar surface area (TPSA) is 97.1 Å². The van der Waals surface area contributed by atoms with E-state index in [4.69, 9.17) is 11.6 Å². The van der Waals surface area contributed by atoms with Crippen LogP contribution in [0.15, 0.2) is 21.8 Å². The Hall–Kier alpha value is -1.32. The Balaban J connectivity index is 2.49. The molecule has 0 unspecified atom stereocenters. The minimum absolute atomic E-state index is 0.0110. The number of rotatable bonds is 3. The van der Waals surface area contributed by atoms with Gasteiger partial charge in [0.15, 0.2) is 4.60 Å². The molecule has 1 heterocycles. The van der Waals surface area contributed by atoms with Crippen molar-refractivity contribution in [3.05, 3.63) is 27.3 Å². The summed E-state index contributed by atoms with van der Waals surface area (Å²) in [6, 6.07) is 2.84. The highest BCUT2D eigenvalue weighted by Crippen LogP contribution is 2.33. The maximum atomic E-state index is 12.3. The van der Waals surface area contributed by atoms with E-state index in [1.54, 1.807) is 6.92 Å². The first-order valence-corrected chi connectivity index (χ1v) is 7.95. The Morgan fingerprint density at radius 2 is 2.10 bits per heavy atom. The highest BCUT2D eigenvalue weighted by molar-refractivity contribution is 9.10. The smallest absolute Gasteiger partial charge is 0.282 e. The van der Waals surface area contributed by atoms with Crippen LogP contribution in [0.5, 0.6) is 5.75 Å².